The van der Waals surface area contributed by atoms with Crippen molar-refractivity contribution in [1.82, 2.24) is 0 Å². The van der Waals surface area contributed by atoms with Crippen molar-refractivity contribution in [2.24, 2.45) is 0 Å². The van der Waals surface area contributed by atoms with E-state index in [0.717, 1.165) is 0 Å². The summed E-state index contributed by atoms with van der Waals surface area (Å²) in [6, 6.07) is 0. The first-order valence-corrected chi connectivity index (χ1v) is 10.1. The molecule has 0 aliphatic heterocycles. The molecular weight excluding hydrogens is 957 g/mol. The van der Waals surface area contributed by atoms with E-state index in [0.29, 0.717) is 0 Å². The van der Waals surface area contributed by atoms with Crippen LogP contribution in [0.2, 0.25) is 0 Å². The van der Waals surface area contributed by atoms with E-state index in [1.165, 1.54) is 0 Å². The molecule has 0 aromatic rings. The van der Waals surface area contributed by atoms with Gasteiger partial charge in [-0.2, -0.15) is 0 Å². The average molecular weight is 957 g/mol. The van der Waals surface area contributed by atoms with Crippen LogP contribution in [0.4, 0.5) is 0 Å². The largest absolute Gasteiger partial charge is 4.00 e. The van der Waals surface area contributed by atoms with Crippen LogP contribution in [0.25, 0.3) is 0 Å². The van der Waals surface area contributed by atoms with E-state index < -0.39 is 54.4 Å². The zero-order valence-corrected chi connectivity index (χ0v) is 24.2. The second-order valence-electron chi connectivity index (χ2n) is 1.50. The summed E-state index contributed by atoms with van der Waals surface area (Å²) in [5.41, 5.74) is 0. The Labute approximate surface area is 177 Å². The van der Waals surface area contributed by atoms with Crippen LogP contribution < -0.4 is 44.3 Å². The molecule has 0 N–H and O–H groups in total. The van der Waals surface area contributed by atoms with Crippen molar-refractivity contribution in [3.63, 3.8) is 0 Å². The molecule has 0 saturated heterocycles. The standard InChI is InChI=1S/12O.3Pb.3Ti/q12*-1;3*+4;;;. The molecule has 0 fully saturated rings. The minimum atomic E-state index is -6.00. The van der Waals surface area contributed by atoms with E-state index in [9.17, 15) is 0 Å². The molecule has 12 nitrogen and oxygen atoms in total. The van der Waals surface area contributed by atoms with Crippen molar-refractivity contribution >= 4 is 81.9 Å². The Morgan fingerprint density at radius 3 is 0.278 bits per heavy atom. The maximum atomic E-state index is 8.62. The van der Waals surface area contributed by atoms with Crippen molar-refractivity contribution < 1.29 is 98.7 Å². The molecule has 0 unspecified atom stereocenters. The molecule has 0 heterocycles. The summed E-state index contributed by atoms with van der Waals surface area (Å²) in [5, 5.41) is 0. The van der Waals surface area contributed by atoms with E-state index in [1.54, 1.807) is 0 Å². The molecule has 0 bridgehead atoms. The monoisotopic (exact) mass is 960 g/mol. The molecule has 0 aliphatic carbocycles. The van der Waals surface area contributed by atoms with Gasteiger partial charge in [0, 0.05) is 0 Å². The van der Waals surface area contributed by atoms with Gasteiger partial charge < -0.3 is 0 Å². The van der Waals surface area contributed by atoms with Crippen LogP contribution in [-0.4, -0.2) is 81.9 Å². The summed E-state index contributed by atoms with van der Waals surface area (Å²) < 4.78 is 104. The van der Waals surface area contributed by atoms with Gasteiger partial charge in [0.1, 0.15) is 0 Å². The molecule has 0 aromatic carbocycles. The van der Waals surface area contributed by atoms with Crippen LogP contribution in [0, 0.1) is 0 Å². The molecule has 0 aliphatic rings. The maximum absolute atomic E-state index is 8.62. The summed E-state index contributed by atoms with van der Waals surface area (Å²) in [4.78, 5) is 0. The average Bonchev–Trinajstić information content (AvgIpc) is 1.41. The molecule has 18 heteroatoms. The Kier molecular flexibility index (Phi) is 37.7. The molecule has 0 atom stereocenters. The molecule has 0 spiro atoms. The van der Waals surface area contributed by atoms with E-state index in [4.69, 9.17) is 44.3 Å². The third-order valence-electron chi connectivity index (χ3n) is 0. The van der Waals surface area contributed by atoms with Crippen molar-refractivity contribution in [2.45, 2.75) is 0 Å². The Morgan fingerprint density at radius 1 is 0.278 bits per heavy atom. The molecule has 0 rings (SSSR count). The van der Waals surface area contributed by atoms with Crippen LogP contribution in [-0.2, 0) is 54.4 Å². The summed E-state index contributed by atoms with van der Waals surface area (Å²) in [7, 11) is 0. The van der Waals surface area contributed by atoms with Crippen LogP contribution in [0.5, 0.6) is 0 Å². The first-order chi connectivity index (χ1) is 6.00. The first-order valence-electron chi connectivity index (χ1n) is 2.45. The number of hydrogen-bond donors (Lipinski definition) is 0. The fourth-order valence-corrected chi connectivity index (χ4v) is 0. The van der Waals surface area contributed by atoms with Crippen molar-refractivity contribution in [2.75, 3.05) is 0 Å². The van der Waals surface area contributed by atoms with Gasteiger partial charge in [-0.25, -0.2) is 0 Å². The SMILES string of the molecule is [O-][Ti]([O-])([O-])[O-].[O-][Ti]([O-])([O-])[O-].[O-][Ti]([O-])([O-])[O-].[Pb+4].[Pb+4].[Pb+4]. The Morgan fingerprint density at radius 2 is 0.278 bits per heavy atom. The van der Waals surface area contributed by atoms with Crippen molar-refractivity contribution in [1.29, 1.82) is 0 Å². The zero-order chi connectivity index (χ0) is 13.5. The topological polar surface area (TPSA) is 277 Å². The van der Waals surface area contributed by atoms with Crippen LogP contribution >= 0.6 is 0 Å². The predicted octanol–water partition coefficient (Wildman–Crippen LogP) is -15.4. The minimum Gasteiger partial charge on any atom is 4.00 e. The van der Waals surface area contributed by atoms with Crippen molar-refractivity contribution in [3.8, 4) is 0 Å². The summed E-state index contributed by atoms with van der Waals surface area (Å²) in [5.74, 6) is 0. The van der Waals surface area contributed by atoms with Crippen molar-refractivity contribution in [3.05, 3.63) is 0 Å². The predicted molar refractivity (Wildman–Crippen MR) is 17.3 cm³/mol. The smallest absolute Gasteiger partial charge is 4.00 e. The normalized spacial score (nSPS) is 10.0. The van der Waals surface area contributed by atoms with Gasteiger partial charge in [0.25, 0.3) is 0 Å². The van der Waals surface area contributed by atoms with Gasteiger partial charge >= 0.3 is 181 Å². The van der Waals surface area contributed by atoms with Gasteiger partial charge in [-0.3, -0.25) is 0 Å². The summed E-state index contributed by atoms with van der Waals surface area (Å²) in [6.45, 7) is 0. The second kappa shape index (κ2) is 17.8. The fourth-order valence-electron chi connectivity index (χ4n) is 0. The van der Waals surface area contributed by atoms with Gasteiger partial charge in [-0.1, -0.05) is 0 Å². The molecule has 0 radical (unpaired) electrons. The molecular formula is O12Pb3Ti3. The third-order valence-corrected chi connectivity index (χ3v) is 0. The Balaban J connectivity index is -0.0000000277. The van der Waals surface area contributed by atoms with E-state index >= 15 is 0 Å². The van der Waals surface area contributed by atoms with Gasteiger partial charge in [-0.15, -0.1) is 0 Å². The van der Waals surface area contributed by atoms with Crippen LogP contribution in [0.3, 0.4) is 0 Å². The molecule has 0 amide bonds. The van der Waals surface area contributed by atoms with Gasteiger partial charge in [0.2, 0.25) is 0 Å². The zero-order valence-electron chi connectivity index (χ0n) is 7.90. The van der Waals surface area contributed by atoms with E-state index in [-0.39, 0.29) is 81.9 Å². The Hall–Kier alpha value is 4.43. The molecule has 0 aromatic heterocycles. The second-order valence-corrected chi connectivity index (χ2v) is 6.18. The summed E-state index contributed by atoms with van der Waals surface area (Å²) in [6.07, 6.45) is 0. The Bertz CT molecular complexity index is 97.6. The van der Waals surface area contributed by atoms with Gasteiger partial charge in [0.05, 0.1) is 0 Å². The number of rotatable bonds is 0. The van der Waals surface area contributed by atoms with E-state index in [2.05, 4.69) is 0 Å². The maximum Gasteiger partial charge on any atom is 4.00 e. The van der Waals surface area contributed by atoms with E-state index in [1.807, 2.05) is 0 Å². The quantitative estimate of drug-likeness (QED) is 0.205. The van der Waals surface area contributed by atoms with Gasteiger partial charge in [-0.05, 0) is 0 Å². The van der Waals surface area contributed by atoms with Crippen LogP contribution in [0.15, 0.2) is 0 Å². The van der Waals surface area contributed by atoms with Gasteiger partial charge in [0.15, 0.2) is 0 Å². The molecule has 18 heavy (non-hydrogen) atoms. The van der Waals surface area contributed by atoms with Crippen LogP contribution in [0.1, 0.15) is 0 Å². The first kappa shape index (κ1) is 38.2. The summed E-state index contributed by atoms with van der Waals surface area (Å²) >= 11 is -18.0. The minimum absolute atomic E-state index is 0. The molecule has 96 valence electrons. The third kappa shape index (κ3) is 393. The molecule has 0 saturated carbocycles. The fraction of sp³-hybridized carbons (Fsp3) is 0. The number of hydrogen-bond acceptors (Lipinski definition) is 12.